The standard InChI is InChI=1S/C15H25N2O6P/c1-24(2,3)7-5-10-11(19)12(20)14(23-10)17-8-9(4-6-18)13(21)16-15(17)22/h8,10-12,14,18-20H,1,4-7H2,2-3H3,(H,16,21,22)/t10-,11-,12-,14-/m1/s1. The van der Waals surface area contributed by atoms with E-state index in [-0.39, 0.29) is 18.6 Å². The highest BCUT2D eigenvalue weighted by atomic mass is 31.2. The number of hydrogen-bond donors (Lipinski definition) is 4. The first-order chi connectivity index (χ1) is 11.1. The van der Waals surface area contributed by atoms with E-state index in [1.165, 1.54) is 6.20 Å². The van der Waals surface area contributed by atoms with Crippen molar-refractivity contribution in [1.29, 1.82) is 0 Å². The van der Waals surface area contributed by atoms with E-state index in [1.54, 1.807) is 0 Å². The average Bonchev–Trinajstić information content (AvgIpc) is 2.75. The number of ether oxygens (including phenoxy) is 1. The second-order valence-corrected chi connectivity index (χ2v) is 11.1. The van der Waals surface area contributed by atoms with Gasteiger partial charge in [0.1, 0.15) is 12.2 Å². The molecular formula is C15H25N2O6P. The van der Waals surface area contributed by atoms with Crippen molar-refractivity contribution >= 4 is 13.2 Å². The van der Waals surface area contributed by atoms with Gasteiger partial charge in [-0.15, -0.1) is 13.2 Å². The number of aromatic amines is 1. The Bertz CT molecular complexity index is 736. The Morgan fingerprint density at radius 3 is 2.58 bits per heavy atom. The van der Waals surface area contributed by atoms with Gasteiger partial charge in [-0.25, -0.2) is 4.79 Å². The van der Waals surface area contributed by atoms with Gasteiger partial charge in [0.05, 0.1) is 6.10 Å². The van der Waals surface area contributed by atoms with Crippen LogP contribution in [0.25, 0.3) is 0 Å². The zero-order valence-corrected chi connectivity index (χ0v) is 14.8. The van der Waals surface area contributed by atoms with Gasteiger partial charge in [-0.2, -0.15) is 0 Å². The summed E-state index contributed by atoms with van der Waals surface area (Å²) in [5.41, 5.74) is -1.11. The van der Waals surface area contributed by atoms with Crippen LogP contribution in [0.3, 0.4) is 0 Å². The lowest BCUT2D eigenvalue weighted by Crippen LogP contribution is -2.38. The average molecular weight is 360 g/mol. The maximum atomic E-state index is 12.0. The first-order valence-electron chi connectivity index (χ1n) is 7.78. The summed E-state index contributed by atoms with van der Waals surface area (Å²) >= 11 is 0. The third-order valence-corrected chi connectivity index (χ3v) is 5.52. The molecule has 1 fully saturated rings. The number of nitrogens with one attached hydrogen (secondary N) is 1. The quantitative estimate of drug-likeness (QED) is 0.472. The molecule has 136 valence electrons. The van der Waals surface area contributed by atoms with Gasteiger partial charge >= 0.3 is 5.69 Å². The maximum absolute atomic E-state index is 12.0. The number of H-pyrrole nitrogens is 1. The van der Waals surface area contributed by atoms with E-state index in [4.69, 9.17) is 9.84 Å². The van der Waals surface area contributed by atoms with Gasteiger partial charge in [-0.05, 0) is 25.9 Å². The third kappa shape index (κ3) is 4.26. The second-order valence-electron chi connectivity index (χ2n) is 6.79. The molecule has 2 rings (SSSR count). The first-order valence-corrected chi connectivity index (χ1v) is 10.8. The predicted molar refractivity (Wildman–Crippen MR) is 93.4 cm³/mol. The molecule has 0 amide bonds. The minimum Gasteiger partial charge on any atom is -0.396 e. The van der Waals surface area contributed by atoms with Crippen LogP contribution in [0, 0.1) is 0 Å². The van der Waals surface area contributed by atoms with E-state index in [0.717, 1.165) is 10.7 Å². The molecular weight excluding hydrogens is 335 g/mol. The van der Waals surface area contributed by atoms with Crippen LogP contribution in [0.2, 0.25) is 0 Å². The Morgan fingerprint density at radius 2 is 2.00 bits per heavy atom. The lowest BCUT2D eigenvalue weighted by Gasteiger charge is -2.19. The number of aliphatic hydroxyl groups is 3. The van der Waals surface area contributed by atoms with Crippen LogP contribution in [-0.4, -0.2) is 75.6 Å². The van der Waals surface area contributed by atoms with E-state index in [9.17, 15) is 19.8 Å². The fraction of sp³-hybridized carbons (Fsp3) is 0.667. The Labute approximate surface area is 139 Å². The fourth-order valence-corrected chi connectivity index (χ4v) is 3.64. The molecule has 0 aliphatic carbocycles. The van der Waals surface area contributed by atoms with Crippen molar-refractivity contribution in [2.24, 2.45) is 0 Å². The Morgan fingerprint density at radius 1 is 1.33 bits per heavy atom. The van der Waals surface area contributed by atoms with Crippen LogP contribution < -0.4 is 11.2 Å². The summed E-state index contributed by atoms with van der Waals surface area (Å²) in [6.07, 6.45) is 2.65. The largest absolute Gasteiger partial charge is 0.396 e. The summed E-state index contributed by atoms with van der Waals surface area (Å²) in [5, 5.41) is 29.4. The summed E-state index contributed by atoms with van der Waals surface area (Å²) in [4.78, 5) is 25.9. The van der Waals surface area contributed by atoms with Crippen molar-refractivity contribution in [3.63, 3.8) is 0 Å². The van der Waals surface area contributed by atoms with Crippen LogP contribution in [-0.2, 0) is 11.2 Å². The number of rotatable bonds is 6. The van der Waals surface area contributed by atoms with Crippen molar-refractivity contribution in [1.82, 2.24) is 9.55 Å². The molecule has 0 spiro atoms. The summed E-state index contributed by atoms with van der Waals surface area (Å²) in [6, 6.07) is 0. The molecule has 1 saturated heterocycles. The number of aliphatic hydroxyl groups excluding tert-OH is 3. The van der Waals surface area contributed by atoms with E-state index < -0.39 is 42.7 Å². The highest BCUT2D eigenvalue weighted by molar-refractivity contribution is 7.72. The molecule has 24 heavy (non-hydrogen) atoms. The third-order valence-electron chi connectivity index (χ3n) is 4.05. The van der Waals surface area contributed by atoms with Crippen LogP contribution in [0.4, 0.5) is 0 Å². The molecule has 9 heteroatoms. The van der Waals surface area contributed by atoms with Gasteiger partial charge in [-0.3, -0.25) is 14.3 Å². The molecule has 2 heterocycles. The molecule has 1 aliphatic rings. The summed E-state index contributed by atoms with van der Waals surface area (Å²) in [5.74, 6) is 0. The molecule has 0 aromatic carbocycles. The Kier molecular flexibility index (Phi) is 5.88. The molecule has 0 unspecified atom stereocenters. The zero-order valence-electron chi connectivity index (χ0n) is 13.9. The SMILES string of the molecule is C=P(C)(C)CC[C@H]1O[C@@H](n2cc(CCO)c(=O)[nH]c2=O)[C@H](O)[C@@H]1O. The van der Waals surface area contributed by atoms with Gasteiger partial charge in [0, 0.05) is 24.8 Å². The molecule has 1 aromatic heterocycles. The van der Waals surface area contributed by atoms with Gasteiger partial charge in [0.15, 0.2) is 6.23 Å². The van der Waals surface area contributed by atoms with Crippen molar-refractivity contribution in [3.8, 4) is 0 Å². The second kappa shape index (κ2) is 7.37. The monoisotopic (exact) mass is 360 g/mol. The molecule has 0 saturated carbocycles. The highest BCUT2D eigenvalue weighted by Crippen LogP contribution is 2.39. The van der Waals surface area contributed by atoms with Gasteiger partial charge < -0.3 is 20.1 Å². The van der Waals surface area contributed by atoms with Gasteiger partial charge in [0.2, 0.25) is 0 Å². The van der Waals surface area contributed by atoms with Crippen LogP contribution in [0.15, 0.2) is 15.8 Å². The normalized spacial score (nSPS) is 27.5. The zero-order chi connectivity index (χ0) is 18.1. The predicted octanol–water partition coefficient (Wildman–Crippen LogP) is -1.21. The minimum absolute atomic E-state index is 0.0740. The molecule has 1 aliphatic heterocycles. The highest BCUT2D eigenvalue weighted by Gasteiger charge is 2.43. The summed E-state index contributed by atoms with van der Waals surface area (Å²) in [7, 11) is 0. The van der Waals surface area contributed by atoms with Crippen LogP contribution >= 0.6 is 6.89 Å². The van der Waals surface area contributed by atoms with Crippen molar-refractivity contribution in [3.05, 3.63) is 32.6 Å². The molecule has 8 nitrogen and oxygen atoms in total. The summed E-state index contributed by atoms with van der Waals surface area (Å²) in [6.45, 7) is 2.58. The van der Waals surface area contributed by atoms with Crippen molar-refractivity contribution in [2.45, 2.75) is 37.4 Å². The van der Waals surface area contributed by atoms with E-state index >= 15 is 0 Å². The van der Waals surface area contributed by atoms with E-state index in [1.807, 2.05) is 0 Å². The van der Waals surface area contributed by atoms with Crippen molar-refractivity contribution in [2.75, 3.05) is 26.1 Å². The van der Waals surface area contributed by atoms with Crippen LogP contribution in [0.5, 0.6) is 0 Å². The Balaban J connectivity index is 2.26. The number of nitrogens with zero attached hydrogens (tertiary/aromatic N) is 1. The Hall–Kier alpha value is -1.18. The molecule has 0 bridgehead atoms. The lowest BCUT2D eigenvalue weighted by atomic mass is 10.1. The molecule has 1 aromatic rings. The number of hydrogen-bond acceptors (Lipinski definition) is 6. The molecule has 4 N–H and O–H groups in total. The first kappa shape index (κ1) is 19.1. The molecule has 4 atom stereocenters. The van der Waals surface area contributed by atoms with Gasteiger partial charge in [0.25, 0.3) is 5.56 Å². The van der Waals surface area contributed by atoms with E-state index in [2.05, 4.69) is 24.6 Å². The fourth-order valence-electron chi connectivity index (χ4n) is 2.69. The van der Waals surface area contributed by atoms with Crippen molar-refractivity contribution < 1.29 is 20.1 Å². The molecule has 0 radical (unpaired) electrons. The maximum Gasteiger partial charge on any atom is 0.330 e. The smallest absolute Gasteiger partial charge is 0.330 e. The number of aromatic nitrogens is 2. The minimum atomic E-state index is -1.31. The lowest BCUT2D eigenvalue weighted by molar-refractivity contribution is -0.0404. The van der Waals surface area contributed by atoms with Gasteiger partial charge in [-0.1, -0.05) is 0 Å². The van der Waals surface area contributed by atoms with Crippen LogP contribution in [0.1, 0.15) is 18.2 Å². The topological polar surface area (TPSA) is 125 Å². The van der Waals surface area contributed by atoms with E-state index in [0.29, 0.717) is 6.42 Å². The summed E-state index contributed by atoms with van der Waals surface area (Å²) < 4.78 is 6.75.